The van der Waals surface area contributed by atoms with Crippen molar-refractivity contribution in [2.75, 3.05) is 31.2 Å². The van der Waals surface area contributed by atoms with Crippen molar-refractivity contribution in [3.8, 4) is 5.75 Å². The topological polar surface area (TPSA) is 153 Å². The molecule has 1 aromatic heterocycles. The number of para-hydroxylation sites is 1. The van der Waals surface area contributed by atoms with Crippen LogP contribution in [0.5, 0.6) is 5.75 Å². The van der Waals surface area contributed by atoms with Crippen LogP contribution < -0.4 is 21.1 Å². The number of urea groups is 1. The van der Waals surface area contributed by atoms with Crippen LogP contribution in [-0.4, -0.2) is 87.0 Å². The first-order valence-corrected chi connectivity index (χ1v) is 18.6. The average molecular weight is 747 g/mol. The number of anilines is 2. The van der Waals surface area contributed by atoms with Crippen molar-refractivity contribution in [3.63, 3.8) is 0 Å². The number of carbonyl (C=O) groups is 4. The lowest BCUT2D eigenvalue weighted by molar-refractivity contribution is -0.158. The highest BCUT2D eigenvalue weighted by Gasteiger charge is 2.52. The summed E-state index contributed by atoms with van der Waals surface area (Å²) in [6.07, 6.45) is -0.379. The summed E-state index contributed by atoms with van der Waals surface area (Å²) >= 11 is 1.38. The van der Waals surface area contributed by atoms with Crippen molar-refractivity contribution in [3.05, 3.63) is 119 Å². The third kappa shape index (κ3) is 7.56. The zero-order valence-corrected chi connectivity index (χ0v) is 31.1. The Balaban J connectivity index is 1.16. The molecule has 278 valence electrons. The zero-order valence-electron chi connectivity index (χ0n) is 30.3. The molecule has 54 heavy (non-hydrogen) atoms. The van der Waals surface area contributed by atoms with E-state index in [4.69, 9.17) is 10.5 Å². The van der Waals surface area contributed by atoms with Crippen molar-refractivity contribution < 1.29 is 23.9 Å². The number of thiazole rings is 1. The molecule has 0 bridgehead atoms. The van der Waals surface area contributed by atoms with E-state index in [0.717, 1.165) is 32.7 Å². The third-order valence-electron chi connectivity index (χ3n) is 9.70. The van der Waals surface area contributed by atoms with Crippen LogP contribution in [0.1, 0.15) is 40.9 Å². The van der Waals surface area contributed by atoms with Gasteiger partial charge in [-0.1, -0.05) is 65.9 Å². The molecule has 4 N–H and O–H groups in total. The Bertz CT molecular complexity index is 2160. The predicted octanol–water partition coefficient (Wildman–Crippen LogP) is 5.10. The van der Waals surface area contributed by atoms with Gasteiger partial charge in [-0.05, 0) is 73.0 Å². The van der Waals surface area contributed by atoms with Crippen LogP contribution >= 0.6 is 11.3 Å². The number of nitrogens with one attached hydrogen (secondary N) is 2. The number of methoxy groups -OCH3 is 1. The molecule has 2 aliphatic rings. The number of hydrogen-bond acceptors (Lipinski definition) is 9. The molecule has 0 saturated carbocycles. The van der Waals surface area contributed by atoms with Crippen LogP contribution in [0.2, 0.25) is 0 Å². The summed E-state index contributed by atoms with van der Waals surface area (Å²) in [5.74, 6) is 0.0401. The Morgan fingerprint density at radius 3 is 2.39 bits per heavy atom. The van der Waals surface area contributed by atoms with E-state index in [1.807, 2.05) is 74.5 Å². The van der Waals surface area contributed by atoms with E-state index in [1.165, 1.54) is 11.3 Å². The van der Waals surface area contributed by atoms with E-state index < -0.39 is 12.2 Å². The number of aromatic nitrogens is 1. The molecule has 0 radical (unpaired) electrons. The number of amides is 5. The molecular weight excluding hydrogens is 705 g/mol. The number of nitrogens with zero attached hydrogens (tertiary/aromatic N) is 5. The van der Waals surface area contributed by atoms with Crippen LogP contribution in [-0.2, 0) is 29.1 Å². The van der Waals surface area contributed by atoms with E-state index in [-0.39, 0.29) is 62.4 Å². The smallest absolute Gasteiger partial charge is 0.332 e. The van der Waals surface area contributed by atoms with Gasteiger partial charge in [-0.2, -0.15) is 5.01 Å². The second-order valence-electron chi connectivity index (χ2n) is 13.6. The molecule has 0 aliphatic carbocycles. The summed E-state index contributed by atoms with van der Waals surface area (Å²) in [6, 6.07) is 28.0. The van der Waals surface area contributed by atoms with Crippen LogP contribution in [0.25, 0.3) is 10.2 Å². The van der Waals surface area contributed by atoms with Crippen LogP contribution in [0.15, 0.2) is 97.1 Å². The van der Waals surface area contributed by atoms with Gasteiger partial charge >= 0.3 is 6.03 Å². The van der Waals surface area contributed by atoms with Gasteiger partial charge in [0, 0.05) is 36.8 Å². The summed E-state index contributed by atoms with van der Waals surface area (Å²) in [7, 11) is 1.60. The van der Waals surface area contributed by atoms with Gasteiger partial charge in [-0.15, -0.1) is 0 Å². The van der Waals surface area contributed by atoms with Gasteiger partial charge in [0.2, 0.25) is 11.8 Å². The highest BCUT2D eigenvalue weighted by Crippen LogP contribution is 2.33. The minimum Gasteiger partial charge on any atom is -0.497 e. The standard InChI is InChI=1S/C40H42N8O5S/c1-25(2)48(40(52)42-21-27-14-18-31(53-3)19-15-27)46-24-35(49)47-32(20-26-12-16-30(17-13-26)43-37(50)28-8-5-4-6-9-28)38(51)45(23-34(46)47)22-29-10-7-11-33-36(29)44-39(41)54-33/h4-19,25,32,34H,20-24H2,1-3H3,(H2,41,44)(H,42,52)(H,43,50)/t32-,34+/m0/s1. The number of piperazine rings is 1. The molecule has 13 nitrogen and oxygen atoms in total. The first kappa shape index (κ1) is 36.4. The Morgan fingerprint density at radius 2 is 1.69 bits per heavy atom. The molecule has 4 aromatic carbocycles. The van der Waals surface area contributed by atoms with Crippen LogP contribution in [0.3, 0.4) is 0 Å². The van der Waals surface area contributed by atoms with Crippen molar-refractivity contribution in [2.24, 2.45) is 0 Å². The summed E-state index contributed by atoms with van der Waals surface area (Å²) < 4.78 is 6.18. The van der Waals surface area contributed by atoms with Gasteiger partial charge in [0.15, 0.2) is 5.13 Å². The van der Waals surface area contributed by atoms with E-state index in [2.05, 4.69) is 15.6 Å². The maximum atomic E-state index is 14.5. The maximum absolute atomic E-state index is 14.5. The highest BCUT2D eigenvalue weighted by molar-refractivity contribution is 7.22. The molecule has 2 fully saturated rings. The number of nitrogens with two attached hydrogens (primary N) is 1. The summed E-state index contributed by atoms with van der Waals surface area (Å²) in [6.45, 7) is 4.43. The predicted molar refractivity (Wildman–Crippen MR) is 207 cm³/mol. The molecule has 14 heteroatoms. The fraction of sp³-hybridized carbons (Fsp3) is 0.275. The number of carbonyl (C=O) groups excluding carboxylic acids is 4. The Morgan fingerprint density at radius 1 is 0.963 bits per heavy atom. The van der Waals surface area contributed by atoms with E-state index in [9.17, 15) is 19.2 Å². The van der Waals surface area contributed by atoms with E-state index >= 15 is 0 Å². The molecule has 2 aliphatic heterocycles. The molecule has 5 aromatic rings. The van der Waals surface area contributed by atoms with Gasteiger partial charge in [0.05, 0.1) is 30.4 Å². The first-order chi connectivity index (χ1) is 26.1. The summed E-state index contributed by atoms with van der Waals surface area (Å²) in [4.78, 5) is 63.1. The Hall–Kier alpha value is -5.99. The fourth-order valence-corrected chi connectivity index (χ4v) is 7.89. The second-order valence-corrected chi connectivity index (χ2v) is 14.7. The van der Waals surface area contributed by atoms with Crippen molar-refractivity contribution >= 4 is 56.1 Å². The second kappa shape index (κ2) is 15.5. The molecule has 0 unspecified atom stereocenters. The average Bonchev–Trinajstić information content (AvgIpc) is 3.72. The molecule has 0 spiro atoms. The summed E-state index contributed by atoms with van der Waals surface area (Å²) in [5.41, 5.74) is 10.5. The number of hydrazine groups is 1. The lowest BCUT2D eigenvalue weighted by Crippen LogP contribution is -2.66. The number of fused-ring (bicyclic) bond motifs is 2. The van der Waals surface area contributed by atoms with Crippen LogP contribution in [0.4, 0.5) is 15.6 Å². The number of benzene rings is 4. The maximum Gasteiger partial charge on any atom is 0.332 e. The van der Waals surface area contributed by atoms with Crippen molar-refractivity contribution in [1.82, 2.24) is 30.1 Å². The monoisotopic (exact) mass is 746 g/mol. The Labute approximate surface area is 317 Å². The van der Waals surface area contributed by atoms with Crippen LogP contribution in [0, 0.1) is 0 Å². The summed E-state index contributed by atoms with van der Waals surface area (Å²) in [5, 5.41) is 9.73. The lowest BCUT2D eigenvalue weighted by Gasteiger charge is -2.47. The number of nitrogen functional groups attached to an aromatic ring is 1. The normalized spacial score (nSPS) is 17.2. The number of ether oxygens (including phenoxy) is 1. The minimum atomic E-state index is -0.845. The number of rotatable bonds is 11. The lowest BCUT2D eigenvalue weighted by atomic mass is 9.99. The first-order valence-electron chi connectivity index (χ1n) is 17.8. The molecule has 2 saturated heterocycles. The SMILES string of the molecule is COc1ccc(CNC(=O)N(C(C)C)N2CC(=O)N3[C@@H](Cc4ccc(NC(=O)c5ccccc5)cc4)C(=O)N(Cc4cccc5sc(N)nc45)C[C@@H]32)cc1. The number of hydrogen-bond donors (Lipinski definition) is 3. The minimum absolute atomic E-state index is 0.0704. The van der Waals surface area contributed by atoms with Crippen molar-refractivity contribution in [2.45, 2.75) is 51.6 Å². The van der Waals surface area contributed by atoms with E-state index in [1.54, 1.807) is 63.3 Å². The molecule has 5 amide bonds. The fourth-order valence-electron chi connectivity index (χ4n) is 7.11. The van der Waals surface area contributed by atoms with Crippen molar-refractivity contribution in [1.29, 1.82) is 0 Å². The van der Waals surface area contributed by atoms with Gasteiger partial charge in [0.25, 0.3) is 5.91 Å². The largest absolute Gasteiger partial charge is 0.497 e. The van der Waals surface area contributed by atoms with Gasteiger partial charge in [-0.25, -0.2) is 9.78 Å². The molecular formula is C40H42N8O5S. The third-order valence-corrected chi connectivity index (χ3v) is 10.6. The zero-order chi connectivity index (χ0) is 37.9. The molecule has 7 rings (SSSR count). The quantitative estimate of drug-likeness (QED) is 0.169. The van der Waals surface area contributed by atoms with E-state index in [0.29, 0.717) is 16.4 Å². The van der Waals surface area contributed by atoms with Gasteiger partial charge < -0.3 is 30.9 Å². The molecule has 3 heterocycles. The Kier molecular flexibility index (Phi) is 10.5. The van der Waals surface area contributed by atoms with Gasteiger partial charge in [0.1, 0.15) is 18.0 Å². The van der Waals surface area contributed by atoms with Gasteiger partial charge in [-0.3, -0.25) is 19.4 Å². The molecule has 2 atom stereocenters. The highest BCUT2D eigenvalue weighted by atomic mass is 32.1.